The number of nitro benzene ring substituents is 1. The highest BCUT2D eigenvalue weighted by Gasteiger charge is 2.15. The maximum absolute atomic E-state index is 11.0. The van der Waals surface area contributed by atoms with E-state index in [1.807, 2.05) is 6.07 Å². The van der Waals surface area contributed by atoms with Crippen LogP contribution in [-0.4, -0.2) is 41.0 Å². The van der Waals surface area contributed by atoms with Crippen LogP contribution in [0.25, 0.3) is 10.9 Å². The van der Waals surface area contributed by atoms with E-state index in [2.05, 4.69) is 36.1 Å². The molecule has 0 saturated heterocycles. The molecule has 0 spiro atoms. The van der Waals surface area contributed by atoms with E-state index >= 15 is 0 Å². The van der Waals surface area contributed by atoms with Crippen LogP contribution in [0.2, 0.25) is 0 Å². The molecular formula is C15H20N4O2. The Balaban J connectivity index is 2.22. The molecule has 2 rings (SSSR count). The monoisotopic (exact) mass is 288 g/mol. The third-order valence-corrected chi connectivity index (χ3v) is 3.61. The molecular weight excluding hydrogens is 268 g/mol. The summed E-state index contributed by atoms with van der Waals surface area (Å²) in [6.07, 6.45) is 1.58. The highest BCUT2D eigenvalue weighted by molar-refractivity contribution is 5.96. The van der Waals surface area contributed by atoms with Gasteiger partial charge in [-0.3, -0.25) is 10.1 Å². The number of anilines is 1. The number of benzene rings is 1. The zero-order chi connectivity index (χ0) is 15.4. The maximum atomic E-state index is 11.0. The third kappa shape index (κ3) is 3.46. The number of hydrogen-bond donors (Lipinski definition) is 1. The Morgan fingerprint density at radius 3 is 2.81 bits per heavy atom. The van der Waals surface area contributed by atoms with Gasteiger partial charge in [-0.2, -0.15) is 0 Å². The summed E-state index contributed by atoms with van der Waals surface area (Å²) in [4.78, 5) is 17.0. The number of nitrogens with zero attached hydrogens (tertiary/aromatic N) is 3. The summed E-state index contributed by atoms with van der Waals surface area (Å²) in [6, 6.07) is 7.38. The SMILES string of the molecule is CC(C)N(C)CCNc1ccc([N+](=O)[O-])c2ncccc12. The molecule has 0 atom stereocenters. The zero-order valence-electron chi connectivity index (χ0n) is 12.5. The van der Waals surface area contributed by atoms with Crippen molar-refractivity contribution in [3.05, 3.63) is 40.6 Å². The first kappa shape index (κ1) is 15.2. The van der Waals surface area contributed by atoms with Crippen LogP contribution in [0.15, 0.2) is 30.5 Å². The summed E-state index contributed by atoms with van der Waals surface area (Å²) in [7, 11) is 2.07. The van der Waals surface area contributed by atoms with E-state index < -0.39 is 4.92 Å². The Morgan fingerprint density at radius 1 is 1.38 bits per heavy atom. The number of fused-ring (bicyclic) bond motifs is 1. The molecule has 1 aromatic heterocycles. The Hall–Kier alpha value is -2.21. The maximum Gasteiger partial charge on any atom is 0.295 e. The Bertz CT molecular complexity index is 643. The quantitative estimate of drug-likeness (QED) is 0.653. The molecule has 1 N–H and O–H groups in total. The Labute approximate surface area is 123 Å². The van der Waals surface area contributed by atoms with Gasteiger partial charge in [-0.1, -0.05) is 0 Å². The molecule has 0 saturated carbocycles. The lowest BCUT2D eigenvalue weighted by molar-refractivity contribution is -0.383. The van der Waals surface area contributed by atoms with E-state index in [4.69, 9.17) is 0 Å². The second-order valence-electron chi connectivity index (χ2n) is 5.29. The molecule has 6 nitrogen and oxygen atoms in total. The van der Waals surface area contributed by atoms with Crippen molar-refractivity contribution < 1.29 is 4.92 Å². The van der Waals surface area contributed by atoms with E-state index in [0.29, 0.717) is 11.6 Å². The van der Waals surface area contributed by atoms with Gasteiger partial charge in [0.15, 0.2) is 0 Å². The minimum Gasteiger partial charge on any atom is -0.383 e. The van der Waals surface area contributed by atoms with Crippen molar-refractivity contribution in [3.8, 4) is 0 Å². The number of nitrogens with one attached hydrogen (secondary N) is 1. The smallest absolute Gasteiger partial charge is 0.295 e. The van der Waals surface area contributed by atoms with Crippen LogP contribution in [0.1, 0.15) is 13.8 Å². The van der Waals surface area contributed by atoms with Gasteiger partial charge in [-0.05, 0) is 39.1 Å². The number of likely N-dealkylation sites (N-methyl/N-ethyl adjacent to an activating group) is 1. The minimum atomic E-state index is -0.397. The molecule has 0 unspecified atom stereocenters. The van der Waals surface area contributed by atoms with Crippen LogP contribution in [0.5, 0.6) is 0 Å². The van der Waals surface area contributed by atoms with E-state index in [1.54, 1.807) is 18.3 Å². The minimum absolute atomic E-state index is 0.0375. The molecule has 6 heteroatoms. The fourth-order valence-electron chi connectivity index (χ4n) is 2.08. The predicted octanol–water partition coefficient (Wildman–Crippen LogP) is 2.90. The number of aromatic nitrogens is 1. The average molecular weight is 288 g/mol. The summed E-state index contributed by atoms with van der Waals surface area (Å²) in [5.41, 5.74) is 1.33. The Kier molecular flexibility index (Phi) is 4.70. The zero-order valence-corrected chi connectivity index (χ0v) is 12.5. The van der Waals surface area contributed by atoms with Crippen LogP contribution in [0.4, 0.5) is 11.4 Å². The van der Waals surface area contributed by atoms with Crippen LogP contribution in [0, 0.1) is 10.1 Å². The van der Waals surface area contributed by atoms with Gasteiger partial charge in [0.25, 0.3) is 5.69 Å². The first-order valence-corrected chi connectivity index (χ1v) is 6.97. The molecule has 0 amide bonds. The molecule has 0 fully saturated rings. The van der Waals surface area contributed by atoms with E-state index in [1.165, 1.54) is 6.07 Å². The van der Waals surface area contributed by atoms with Crippen molar-refractivity contribution in [2.75, 3.05) is 25.5 Å². The van der Waals surface area contributed by atoms with Gasteiger partial charge in [-0.15, -0.1) is 0 Å². The molecule has 1 aromatic carbocycles. The van der Waals surface area contributed by atoms with Crippen molar-refractivity contribution in [2.24, 2.45) is 0 Å². The average Bonchev–Trinajstić information content (AvgIpc) is 2.46. The topological polar surface area (TPSA) is 71.3 Å². The van der Waals surface area contributed by atoms with Crippen LogP contribution in [-0.2, 0) is 0 Å². The predicted molar refractivity (Wildman–Crippen MR) is 84.7 cm³/mol. The normalized spacial score (nSPS) is 11.3. The summed E-state index contributed by atoms with van der Waals surface area (Å²) in [6.45, 7) is 5.96. The molecule has 1 heterocycles. The van der Waals surface area contributed by atoms with E-state index in [0.717, 1.165) is 24.2 Å². The summed E-state index contributed by atoms with van der Waals surface area (Å²) in [5, 5.41) is 15.2. The first-order chi connectivity index (χ1) is 10.0. The second-order valence-corrected chi connectivity index (χ2v) is 5.29. The van der Waals surface area contributed by atoms with Crippen LogP contribution < -0.4 is 5.32 Å². The molecule has 0 bridgehead atoms. The molecule has 0 aliphatic rings. The third-order valence-electron chi connectivity index (χ3n) is 3.61. The summed E-state index contributed by atoms with van der Waals surface area (Å²) in [5.74, 6) is 0. The first-order valence-electron chi connectivity index (χ1n) is 6.97. The molecule has 0 radical (unpaired) electrons. The van der Waals surface area contributed by atoms with Gasteiger partial charge in [0.1, 0.15) is 5.52 Å². The molecule has 2 aromatic rings. The van der Waals surface area contributed by atoms with E-state index in [-0.39, 0.29) is 5.69 Å². The number of nitro groups is 1. The number of rotatable bonds is 6. The molecule has 0 aliphatic carbocycles. The van der Waals surface area contributed by atoms with Crippen molar-refractivity contribution in [1.29, 1.82) is 0 Å². The van der Waals surface area contributed by atoms with Crippen LogP contribution >= 0.6 is 0 Å². The lowest BCUT2D eigenvalue weighted by Gasteiger charge is -2.21. The standard InChI is InChI=1S/C15H20N4O2/c1-11(2)18(3)10-9-16-13-6-7-14(19(20)21)15-12(13)5-4-8-17-15/h4-8,11,16H,9-10H2,1-3H3. The van der Waals surface area contributed by atoms with Gasteiger partial charge in [0, 0.05) is 42.5 Å². The van der Waals surface area contributed by atoms with Gasteiger partial charge in [-0.25, -0.2) is 4.98 Å². The largest absolute Gasteiger partial charge is 0.383 e. The van der Waals surface area contributed by atoms with Crippen molar-refractivity contribution in [1.82, 2.24) is 9.88 Å². The lowest BCUT2D eigenvalue weighted by atomic mass is 10.1. The van der Waals surface area contributed by atoms with Crippen molar-refractivity contribution in [2.45, 2.75) is 19.9 Å². The van der Waals surface area contributed by atoms with E-state index in [9.17, 15) is 10.1 Å². The van der Waals surface area contributed by atoms with Gasteiger partial charge < -0.3 is 10.2 Å². The van der Waals surface area contributed by atoms with Crippen molar-refractivity contribution in [3.63, 3.8) is 0 Å². The second kappa shape index (κ2) is 6.49. The number of non-ortho nitro benzene ring substituents is 1. The number of hydrogen-bond acceptors (Lipinski definition) is 5. The summed E-state index contributed by atoms with van der Waals surface area (Å²) >= 11 is 0. The molecule has 0 aliphatic heterocycles. The van der Waals surface area contributed by atoms with Gasteiger partial charge in [0.05, 0.1) is 4.92 Å². The van der Waals surface area contributed by atoms with Crippen molar-refractivity contribution >= 4 is 22.3 Å². The van der Waals surface area contributed by atoms with Gasteiger partial charge >= 0.3 is 0 Å². The fraction of sp³-hybridized carbons (Fsp3) is 0.400. The highest BCUT2D eigenvalue weighted by Crippen LogP contribution is 2.29. The fourth-order valence-corrected chi connectivity index (χ4v) is 2.08. The number of pyridine rings is 1. The highest BCUT2D eigenvalue weighted by atomic mass is 16.6. The molecule has 21 heavy (non-hydrogen) atoms. The lowest BCUT2D eigenvalue weighted by Crippen LogP contribution is -2.31. The Morgan fingerprint density at radius 2 is 2.14 bits per heavy atom. The van der Waals surface area contributed by atoms with Crippen LogP contribution in [0.3, 0.4) is 0 Å². The molecule has 112 valence electrons. The summed E-state index contributed by atoms with van der Waals surface area (Å²) < 4.78 is 0. The van der Waals surface area contributed by atoms with Gasteiger partial charge in [0.2, 0.25) is 0 Å².